The molecular formula is C52H59ClN10O6. The van der Waals surface area contributed by atoms with Crippen LogP contribution in [-0.4, -0.2) is 106 Å². The van der Waals surface area contributed by atoms with Crippen LogP contribution in [0, 0.1) is 13.8 Å². The van der Waals surface area contributed by atoms with Crippen molar-refractivity contribution in [2.24, 2.45) is 0 Å². The number of nitrogens with two attached hydrogens (primary N) is 1. The molecule has 0 saturated carbocycles. The lowest BCUT2D eigenvalue weighted by atomic mass is 10.1. The molecule has 4 aromatic carbocycles. The summed E-state index contributed by atoms with van der Waals surface area (Å²) in [6, 6.07) is 28.2. The Labute approximate surface area is 406 Å². The number of pyridine rings is 2. The van der Waals surface area contributed by atoms with Gasteiger partial charge in [-0.2, -0.15) is 0 Å². The lowest BCUT2D eigenvalue weighted by Gasteiger charge is -2.27. The standard InChI is InChI=1S/C26H29N5O2.C14H15ClN2O.C12H15N3O3/c1-17-11-20(12-24(33-3)18(17)2)30-14-26(27-16-30)29-25-13-23(31-10-6-7-19(31)15-32)21-8-4-5-9-22(21)28-25;15-14-8-13(17-7-3-4-10(17)9-18)11-5-1-2-6-12(11)16-14;1-16-9-4-8(15-6-11(13)14-7-15)5-10(17-2)12(9)18-3/h4-5,8-9,11-14,16,19,32H,6-7,10,15H2,1-3H3,(H,28,29);1-2,5-6,8,10,18H,3-4,7,9H2;4-7H,13H2,1-3H3/t19-;10-;/m00./s1. The molecule has 4 aromatic heterocycles. The number of nitrogens with one attached hydrogen (secondary N) is 1. The van der Waals surface area contributed by atoms with Gasteiger partial charge in [0.15, 0.2) is 11.5 Å². The molecule has 2 atom stereocenters. The first kappa shape index (κ1) is 48.2. The minimum absolute atomic E-state index is 0.141. The number of hydrogen-bond acceptors (Lipinski definition) is 14. The normalized spacial score (nSPS) is 15.4. The number of para-hydroxylation sites is 2. The Morgan fingerprint density at radius 2 is 1.19 bits per heavy atom. The average Bonchev–Trinajstić information content (AvgIpc) is 4.23. The SMILES string of the molecule is COc1cc(-n2cnc(N)c2)cc(OC)c1OC.COc1cc(-n2cnc(Nc3cc(N4CCC[C@H]4CO)c4ccccc4n3)c2)cc(C)c1C.OC[C@@H]1CCCN1c1cc(Cl)nc2ccccc12. The van der Waals surface area contributed by atoms with Crippen LogP contribution in [0.4, 0.5) is 28.8 Å². The van der Waals surface area contributed by atoms with Crippen molar-refractivity contribution in [3.63, 3.8) is 0 Å². The fraction of sp³-hybridized carbons (Fsp3) is 0.308. The third-order valence-electron chi connectivity index (χ3n) is 12.7. The van der Waals surface area contributed by atoms with Crippen molar-refractivity contribution in [1.29, 1.82) is 0 Å². The monoisotopic (exact) mass is 954 g/mol. The summed E-state index contributed by atoms with van der Waals surface area (Å²) in [5.74, 6) is 4.47. The first-order valence-corrected chi connectivity index (χ1v) is 23.2. The molecule has 0 aliphatic carbocycles. The molecule has 360 valence electrons. The topological polar surface area (TPSA) is 183 Å². The largest absolute Gasteiger partial charge is 0.496 e. The minimum atomic E-state index is 0.141. The number of aromatic nitrogens is 6. The van der Waals surface area contributed by atoms with E-state index >= 15 is 0 Å². The Balaban J connectivity index is 0.000000151. The molecule has 0 unspecified atom stereocenters. The smallest absolute Gasteiger partial charge is 0.203 e. The van der Waals surface area contributed by atoms with E-state index in [0.717, 1.165) is 106 Å². The number of anilines is 5. The molecule has 2 aliphatic rings. The summed E-state index contributed by atoms with van der Waals surface area (Å²) in [5.41, 5.74) is 13.7. The predicted octanol–water partition coefficient (Wildman–Crippen LogP) is 9.08. The lowest BCUT2D eigenvalue weighted by Crippen LogP contribution is -2.32. The first-order chi connectivity index (χ1) is 33.5. The molecule has 0 amide bonds. The van der Waals surface area contributed by atoms with Crippen molar-refractivity contribution < 1.29 is 29.2 Å². The fourth-order valence-electron chi connectivity index (χ4n) is 9.03. The number of nitrogens with zero attached hydrogens (tertiary/aromatic N) is 8. The molecule has 6 heterocycles. The second-order valence-electron chi connectivity index (χ2n) is 16.8. The van der Waals surface area contributed by atoms with E-state index in [9.17, 15) is 10.2 Å². The van der Waals surface area contributed by atoms with Crippen LogP contribution in [0.15, 0.2) is 110 Å². The summed E-state index contributed by atoms with van der Waals surface area (Å²) in [6.45, 7) is 6.38. The Bertz CT molecular complexity index is 3010. The third-order valence-corrected chi connectivity index (χ3v) is 12.9. The van der Waals surface area contributed by atoms with Crippen molar-refractivity contribution >= 4 is 62.2 Å². The summed E-state index contributed by atoms with van der Waals surface area (Å²) in [6.07, 6.45) is 11.3. The summed E-state index contributed by atoms with van der Waals surface area (Å²) >= 11 is 6.09. The molecule has 0 spiro atoms. The highest BCUT2D eigenvalue weighted by Gasteiger charge is 2.27. The number of methoxy groups -OCH3 is 4. The van der Waals surface area contributed by atoms with Gasteiger partial charge in [-0.15, -0.1) is 0 Å². The Morgan fingerprint density at radius 1 is 0.652 bits per heavy atom. The predicted molar refractivity (Wildman–Crippen MR) is 274 cm³/mol. The van der Waals surface area contributed by atoms with Crippen LogP contribution in [-0.2, 0) is 0 Å². The number of halogens is 1. The van der Waals surface area contributed by atoms with E-state index in [1.165, 1.54) is 0 Å². The maximum absolute atomic E-state index is 9.86. The zero-order valence-electron chi connectivity index (χ0n) is 39.8. The van der Waals surface area contributed by atoms with Crippen LogP contribution >= 0.6 is 11.6 Å². The number of ether oxygens (including phenoxy) is 4. The van der Waals surface area contributed by atoms with E-state index in [-0.39, 0.29) is 25.3 Å². The second kappa shape index (κ2) is 21.8. The van der Waals surface area contributed by atoms with Gasteiger partial charge in [0.05, 0.1) is 94.2 Å². The average molecular weight is 956 g/mol. The number of fused-ring (bicyclic) bond motifs is 2. The number of aliphatic hydroxyl groups excluding tert-OH is 2. The van der Waals surface area contributed by atoms with Gasteiger partial charge in [-0.1, -0.05) is 48.0 Å². The summed E-state index contributed by atoms with van der Waals surface area (Å²) in [7, 11) is 6.40. The molecule has 5 N–H and O–H groups in total. The molecule has 69 heavy (non-hydrogen) atoms. The highest BCUT2D eigenvalue weighted by atomic mass is 35.5. The number of aliphatic hydroxyl groups is 2. The van der Waals surface area contributed by atoms with Gasteiger partial charge in [0, 0.05) is 53.8 Å². The van der Waals surface area contributed by atoms with Crippen LogP contribution < -0.4 is 39.8 Å². The van der Waals surface area contributed by atoms with Crippen LogP contribution in [0.25, 0.3) is 33.2 Å². The third kappa shape index (κ3) is 10.6. The van der Waals surface area contributed by atoms with Crippen LogP contribution in [0.2, 0.25) is 5.15 Å². The van der Waals surface area contributed by atoms with Gasteiger partial charge >= 0.3 is 0 Å². The van der Waals surface area contributed by atoms with Crippen molar-refractivity contribution in [2.45, 2.75) is 51.6 Å². The van der Waals surface area contributed by atoms with Crippen molar-refractivity contribution in [3.8, 4) is 34.4 Å². The van der Waals surface area contributed by atoms with Crippen LogP contribution in [0.3, 0.4) is 0 Å². The van der Waals surface area contributed by atoms with E-state index in [4.69, 9.17) is 41.3 Å². The van der Waals surface area contributed by atoms with Crippen LogP contribution in [0.5, 0.6) is 23.0 Å². The molecular weight excluding hydrogens is 896 g/mol. The quantitative estimate of drug-likeness (QED) is 0.0851. The first-order valence-electron chi connectivity index (χ1n) is 22.8. The highest BCUT2D eigenvalue weighted by molar-refractivity contribution is 6.30. The fourth-order valence-corrected chi connectivity index (χ4v) is 9.23. The number of hydrogen-bond donors (Lipinski definition) is 4. The number of rotatable bonds is 12. The molecule has 17 heteroatoms. The van der Waals surface area contributed by atoms with Gasteiger partial charge < -0.3 is 59.1 Å². The molecule has 2 saturated heterocycles. The van der Waals surface area contributed by atoms with Gasteiger partial charge in [0.2, 0.25) is 5.75 Å². The Morgan fingerprint density at radius 3 is 1.75 bits per heavy atom. The van der Waals surface area contributed by atoms with Gasteiger partial charge in [-0.05, 0) is 74.9 Å². The molecule has 8 aromatic rings. The summed E-state index contributed by atoms with van der Waals surface area (Å²) < 4.78 is 25.1. The van der Waals surface area contributed by atoms with E-state index < -0.39 is 0 Å². The van der Waals surface area contributed by atoms with Gasteiger partial charge in [-0.3, -0.25) is 0 Å². The molecule has 10 rings (SSSR count). The lowest BCUT2D eigenvalue weighted by molar-refractivity contribution is 0.266. The number of aryl methyl sites for hydroxylation is 1. The van der Waals surface area contributed by atoms with Crippen molar-refractivity contribution in [1.82, 2.24) is 29.1 Å². The van der Waals surface area contributed by atoms with E-state index in [2.05, 4.69) is 68.2 Å². The highest BCUT2D eigenvalue weighted by Crippen LogP contribution is 2.40. The zero-order chi connectivity index (χ0) is 48.6. The molecule has 16 nitrogen and oxygen atoms in total. The molecule has 2 fully saturated rings. The van der Waals surface area contributed by atoms with Gasteiger partial charge in [0.1, 0.15) is 41.0 Å². The number of nitrogen functional groups attached to an aromatic ring is 1. The van der Waals surface area contributed by atoms with Crippen molar-refractivity contribution in [2.75, 3.05) is 75.6 Å². The molecule has 0 bridgehead atoms. The maximum atomic E-state index is 9.86. The summed E-state index contributed by atoms with van der Waals surface area (Å²) in [5, 5.41) is 25.4. The molecule has 2 aliphatic heterocycles. The van der Waals surface area contributed by atoms with E-state index in [1.807, 2.05) is 71.4 Å². The van der Waals surface area contributed by atoms with Crippen molar-refractivity contribution in [3.05, 3.63) is 126 Å². The van der Waals surface area contributed by atoms with E-state index in [1.54, 1.807) is 51.9 Å². The zero-order valence-corrected chi connectivity index (χ0v) is 40.5. The maximum Gasteiger partial charge on any atom is 0.203 e. The second-order valence-corrected chi connectivity index (χ2v) is 17.2. The Hall–Kier alpha value is -7.27. The van der Waals surface area contributed by atoms with Gasteiger partial charge in [-0.25, -0.2) is 19.9 Å². The van der Waals surface area contributed by atoms with Crippen LogP contribution in [0.1, 0.15) is 36.8 Å². The number of imidazole rings is 2. The summed E-state index contributed by atoms with van der Waals surface area (Å²) in [4.78, 5) is 22.2. The minimum Gasteiger partial charge on any atom is -0.496 e. The van der Waals surface area contributed by atoms with E-state index in [0.29, 0.717) is 34.0 Å². The van der Waals surface area contributed by atoms with Gasteiger partial charge in [0.25, 0.3) is 0 Å². The number of benzene rings is 4. The molecule has 0 radical (unpaired) electrons. The Kier molecular flexibility index (Phi) is 15.2.